The van der Waals surface area contributed by atoms with Crippen molar-refractivity contribution in [2.45, 2.75) is 30.8 Å². The quantitative estimate of drug-likeness (QED) is 0.510. The molecule has 0 saturated heterocycles. The van der Waals surface area contributed by atoms with Gasteiger partial charge in [0.15, 0.2) is 5.60 Å². The molecule has 0 bridgehead atoms. The number of hydrogen-bond acceptors (Lipinski definition) is 5. The fraction of sp³-hybridized carbons (Fsp3) is 0.292. The summed E-state index contributed by atoms with van der Waals surface area (Å²) in [6.45, 7) is 3.19. The van der Waals surface area contributed by atoms with Crippen LogP contribution in [0.2, 0.25) is 0 Å². The largest absolute Gasteiger partial charge is 0.478 e. The number of benzene rings is 3. The number of aliphatic carboxylic acids is 1. The molecule has 8 heteroatoms. The van der Waals surface area contributed by atoms with Crippen molar-refractivity contribution in [3.63, 3.8) is 0 Å². The van der Waals surface area contributed by atoms with Crippen molar-refractivity contribution < 1.29 is 23.1 Å². The Hall–Kier alpha value is -3.10. The zero-order valence-corrected chi connectivity index (χ0v) is 19.4. The summed E-state index contributed by atoms with van der Waals surface area (Å²) in [5.41, 5.74) is 0.524. The zero-order valence-electron chi connectivity index (χ0n) is 18.6. The molecule has 0 aliphatic rings. The fourth-order valence-electron chi connectivity index (χ4n) is 3.36. The molecule has 0 aliphatic carbocycles. The molecule has 0 aromatic heterocycles. The smallest absolute Gasteiger partial charge is 0.347 e. The normalized spacial score (nSPS) is 12.0. The van der Waals surface area contributed by atoms with Crippen LogP contribution >= 0.6 is 0 Å². The second kappa shape index (κ2) is 9.18. The minimum atomic E-state index is -3.70. The highest BCUT2D eigenvalue weighted by atomic mass is 32.2. The maximum absolute atomic E-state index is 13.0. The fourth-order valence-corrected chi connectivity index (χ4v) is 4.61. The van der Waals surface area contributed by atoms with Gasteiger partial charge in [-0.15, -0.1) is 0 Å². The lowest BCUT2D eigenvalue weighted by molar-refractivity contribution is -0.152. The van der Waals surface area contributed by atoms with Crippen molar-refractivity contribution >= 4 is 32.5 Å². The number of hydrogen-bond donors (Lipinski definition) is 2. The summed E-state index contributed by atoms with van der Waals surface area (Å²) in [5.74, 6) is -0.615. The van der Waals surface area contributed by atoms with Gasteiger partial charge in [-0.25, -0.2) is 17.9 Å². The molecule has 3 aromatic carbocycles. The predicted octanol–water partition coefficient (Wildman–Crippen LogP) is 3.67. The van der Waals surface area contributed by atoms with Gasteiger partial charge in [-0.3, -0.25) is 0 Å². The van der Waals surface area contributed by atoms with Crippen LogP contribution < -0.4 is 14.4 Å². The summed E-state index contributed by atoms with van der Waals surface area (Å²) >= 11 is 0. The van der Waals surface area contributed by atoms with Gasteiger partial charge in [0.1, 0.15) is 5.75 Å². The molecule has 0 spiro atoms. The topological polar surface area (TPSA) is 95.9 Å². The number of fused-ring (bicyclic) bond motifs is 1. The minimum absolute atomic E-state index is 0.229. The lowest BCUT2D eigenvalue weighted by Gasteiger charge is -2.21. The molecule has 0 saturated carbocycles. The van der Waals surface area contributed by atoms with Crippen LogP contribution in [0.1, 0.15) is 19.4 Å². The third-order valence-corrected chi connectivity index (χ3v) is 6.67. The molecule has 0 aliphatic heterocycles. The molecule has 32 heavy (non-hydrogen) atoms. The minimum Gasteiger partial charge on any atom is -0.478 e. The summed E-state index contributed by atoms with van der Waals surface area (Å²) in [6, 6.07) is 17.9. The first-order chi connectivity index (χ1) is 15.0. The maximum Gasteiger partial charge on any atom is 0.347 e. The van der Waals surface area contributed by atoms with E-state index in [0.717, 1.165) is 16.6 Å². The van der Waals surface area contributed by atoms with Gasteiger partial charge < -0.3 is 14.7 Å². The number of sulfonamides is 1. The number of carboxylic acids is 1. The van der Waals surface area contributed by atoms with Crippen molar-refractivity contribution in [3.8, 4) is 5.75 Å². The zero-order chi connectivity index (χ0) is 23.5. The molecule has 170 valence electrons. The summed E-state index contributed by atoms with van der Waals surface area (Å²) in [5, 5.41) is 10.7. The van der Waals surface area contributed by atoms with Crippen LogP contribution in [0.25, 0.3) is 10.8 Å². The highest BCUT2D eigenvalue weighted by molar-refractivity contribution is 7.89. The van der Waals surface area contributed by atoms with E-state index in [9.17, 15) is 13.2 Å². The van der Waals surface area contributed by atoms with Crippen molar-refractivity contribution in [2.24, 2.45) is 0 Å². The van der Waals surface area contributed by atoms with Crippen LogP contribution in [0.3, 0.4) is 0 Å². The predicted molar refractivity (Wildman–Crippen MR) is 126 cm³/mol. The van der Waals surface area contributed by atoms with Crippen molar-refractivity contribution in [1.82, 2.24) is 4.72 Å². The first-order valence-corrected chi connectivity index (χ1v) is 11.7. The van der Waals surface area contributed by atoms with Crippen LogP contribution in [0.4, 0.5) is 5.69 Å². The van der Waals surface area contributed by atoms with Crippen molar-refractivity contribution in [1.29, 1.82) is 0 Å². The molecule has 3 aromatic rings. The summed E-state index contributed by atoms with van der Waals surface area (Å²) in [4.78, 5) is 13.4. The Balaban J connectivity index is 1.70. The number of carboxylic acid groups (broad SMARTS) is 1. The SMILES string of the molecule is CN(C)c1cccc2c(S(=O)(=O)NCCc3ccc(OC(C)(C)C(=O)O)cc3)cccc12. The van der Waals surface area contributed by atoms with Gasteiger partial charge in [-0.05, 0) is 50.1 Å². The van der Waals surface area contributed by atoms with Gasteiger partial charge >= 0.3 is 5.97 Å². The van der Waals surface area contributed by atoms with Gasteiger partial charge in [0, 0.05) is 37.1 Å². The molecule has 7 nitrogen and oxygen atoms in total. The lowest BCUT2D eigenvalue weighted by Crippen LogP contribution is -2.37. The van der Waals surface area contributed by atoms with Gasteiger partial charge in [0.05, 0.1) is 4.90 Å². The first-order valence-electron chi connectivity index (χ1n) is 10.2. The average Bonchev–Trinajstić information content (AvgIpc) is 2.73. The summed E-state index contributed by atoms with van der Waals surface area (Å²) < 4.78 is 34.2. The Bertz CT molecular complexity index is 1220. The molecule has 3 rings (SSSR count). The molecule has 0 amide bonds. The summed E-state index contributed by atoms with van der Waals surface area (Å²) in [7, 11) is 0.148. The van der Waals surface area contributed by atoms with E-state index in [0.29, 0.717) is 17.6 Å². The molecular weight excluding hydrogens is 428 g/mol. The number of nitrogens with zero attached hydrogens (tertiary/aromatic N) is 1. The number of anilines is 1. The van der Waals surface area contributed by atoms with Crippen molar-refractivity contribution in [2.75, 3.05) is 25.5 Å². The highest BCUT2D eigenvalue weighted by Gasteiger charge is 2.29. The second-order valence-corrected chi connectivity index (χ2v) is 9.97. The Morgan fingerprint density at radius 2 is 1.62 bits per heavy atom. The van der Waals surface area contributed by atoms with E-state index in [1.165, 1.54) is 13.8 Å². The Labute approximate surface area is 188 Å². The Morgan fingerprint density at radius 1 is 1.00 bits per heavy atom. The lowest BCUT2D eigenvalue weighted by atomic mass is 10.1. The molecule has 0 atom stereocenters. The Morgan fingerprint density at radius 3 is 2.25 bits per heavy atom. The van der Waals surface area contributed by atoms with E-state index in [4.69, 9.17) is 9.84 Å². The van der Waals surface area contributed by atoms with E-state index < -0.39 is 21.6 Å². The van der Waals surface area contributed by atoms with E-state index in [1.807, 2.05) is 43.3 Å². The molecule has 0 fully saturated rings. The van der Waals surface area contributed by atoms with E-state index >= 15 is 0 Å². The van der Waals surface area contributed by atoms with Crippen LogP contribution in [0.15, 0.2) is 65.6 Å². The van der Waals surface area contributed by atoms with Crippen LogP contribution in [0.5, 0.6) is 5.75 Å². The van der Waals surface area contributed by atoms with Gasteiger partial charge in [-0.2, -0.15) is 0 Å². The van der Waals surface area contributed by atoms with Crippen LogP contribution in [-0.2, 0) is 21.2 Å². The second-order valence-electron chi connectivity index (χ2n) is 8.23. The van der Waals surface area contributed by atoms with Gasteiger partial charge in [0.2, 0.25) is 10.0 Å². The van der Waals surface area contributed by atoms with Gasteiger partial charge in [-0.1, -0.05) is 36.4 Å². The molecule has 0 unspecified atom stereocenters. The van der Waals surface area contributed by atoms with Crippen molar-refractivity contribution in [3.05, 3.63) is 66.2 Å². The third-order valence-electron chi connectivity index (χ3n) is 5.15. The van der Waals surface area contributed by atoms with E-state index in [-0.39, 0.29) is 11.4 Å². The Kier molecular flexibility index (Phi) is 6.76. The van der Waals surface area contributed by atoms with Gasteiger partial charge in [0.25, 0.3) is 0 Å². The monoisotopic (exact) mass is 456 g/mol. The highest BCUT2D eigenvalue weighted by Crippen LogP contribution is 2.30. The maximum atomic E-state index is 13.0. The van der Waals surface area contributed by atoms with Crippen LogP contribution in [0, 0.1) is 0 Å². The standard InChI is InChI=1S/C24H28N2O5S/c1-24(2,23(27)28)31-18-13-11-17(12-14-18)15-16-25-32(29,30)22-10-6-7-19-20(22)8-5-9-21(19)26(3)4/h5-14,25H,15-16H2,1-4H3,(H,27,28). The van der Waals surface area contributed by atoms with E-state index in [1.54, 1.807) is 36.4 Å². The number of ether oxygens (including phenoxy) is 1. The van der Waals surface area contributed by atoms with E-state index in [2.05, 4.69) is 4.72 Å². The molecule has 0 heterocycles. The summed E-state index contributed by atoms with van der Waals surface area (Å²) in [6.07, 6.45) is 0.482. The first kappa shape index (κ1) is 23.6. The molecular formula is C24H28N2O5S. The van der Waals surface area contributed by atoms with Crippen LogP contribution in [-0.4, -0.2) is 45.7 Å². The number of nitrogens with one attached hydrogen (secondary N) is 1. The average molecular weight is 457 g/mol. The molecule has 0 radical (unpaired) electrons. The third kappa shape index (κ3) is 5.20. The number of carbonyl (C=O) groups is 1. The molecule has 2 N–H and O–H groups in total. The number of rotatable bonds is 9.